The largest absolute Gasteiger partial charge is 4.00 e. The second-order valence-electron chi connectivity index (χ2n) is 4.71. The van der Waals surface area contributed by atoms with Crippen molar-refractivity contribution >= 4 is 0 Å². The first-order valence-electron chi connectivity index (χ1n) is 9.13. The van der Waals surface area contributed by atoms with Crippen LogP contribution in [0.2, 0.25) is 0 Å². The number of hydrogen-bond acceptors (Lipinski definition) is 3. The van der Waals surface area contributed by atoms with Crippen molar-refractivity contribution in [3.63, 3.8) is 0 Å². The minimum atomic E-state index is 0. The van der Waals surface area contributed by atoms with Crippen LogP contribution in [0.25, 0.3) is 0 Å². The molecule has 30 heavy (non-hydrogen) atoms. The Bertz CT molecular complexity index is 406. The average Bonchev–Trinajstić information content (AvgIpc) is 3.42. The molecule has 1 rings (SSSR count). The molecule has 0 N–H and O–H groups in total. The van der Waals surface area contributed by atoms with Gasteiger partial charge < -0.3 is 15.3 Å². The van der Waals surface area contributed by atoms with Crippen molar-refractivity contribution in [2.45, 2.75) is 48.0 Å². The number of rotatable bonds is 3. The summed E-state index contributed by atoms with van der Waals surface area (Å²) >= 11 is 0. The summed E-state index contributed by atoms with van der Waals surface area (Å²) in [7, 11) is 2.25. The second-order valence-corrected chi connectivity index (χ2v) is 4.71. The summed E-state index contributed by atoms with van der Waals surface area (Å²) in [5.74, 6) is 0. The summed E-state index contributed by atoms with van der Waals surface area (Å²) in [5, 5.41) is 24.8. The molecule has 0 saturated heterocycles. The van der Waals surface area contributed by atoms with Crippen LogP contribution in [0.4, 0.5) is 0 Å². The summed E-state index contributed by atoms with van der Waals surface area (Å²) in [6, 6.07) is 0. The SMILES string of the molecule is C=CC(C)=CC.C=CC(C)=CC.C=CC(C)=CC.C[O-].C[O-].C[O-].[C-]1=CC=CC1.[Ti+4]. The van der Waals surface area contributed by atoms with E-state index in [1.807, 2.05) is 90.2 Å². The van der Waals surface area contributed by atoms with Crippen LogP contribution in [-0.4, -0.2) is 21.3 Å². The standard InChI is InChI=1S/3C6H10.C5H5.3CH3O.Ti/c3*1-4-6(3)5-2;1-2-4-5-3-1;3*1-2;/h3*4-5H,1H2,2-3H3;1-3H,4H2;3*1H3;/q;;;4*-1;+4. The van der Waals surface area contributed by atoms with Gasteiger partial charge in [-0.05, 0) is 41.5 Å². The molecular weight excluding hydrogens is 408 g/mol. The fraction of sp³-hybridized carbons (Fsp3) is 0.385. The quantitative estimate of drug-likeness (QED) is 0.356. The minimum Gasteiger partial charge on any atom is -0.857 e. The Morgan fingerprint density at radius 1 is 0.700 bits per heavy atom. The molecular formula is C26H44O3Ti. The van der Waals surface area contributed by atoms with Crippen LogP contribution in [0.1, 0.15) is 48.0 Å². The zero-order chi connectivity index (χ0) is 24.5. The predicted molar refractivity (Wildman–Crippen MR) is 128 cm³/mol. The summed E-state index contributed by atoms with van der Waals surface area (Å²) in [6.07, 6.45) is 21.6. The number of allylic oxidation sites excluding steroid dienone is 13. The molecule has 0 aromatic heterocycles. The van der Waals surface area contributed by atoms with Crippen LogP contribution in [0.3, 0.4) is 0 Å². The van der Waals surface area contributed by atoms with Crippen LogP contribution < -0.4 is 15.3 Å². The van der Waals surface area contributed by atoms with Crippen LogP contribution in [0.15, 0.2) is 91.1 Å². The monoisotopic (exact) mass is 452 g/mol. The molecule has 0 bridgehead atoms. The summed E-state index contributed by atoms with van der Waals surface area (Å²) in [5.41, 5.74) is 3.69. The zero-order valence-electron chi connectivity index (χ0n) is 20.7. The van der Waals surface area contributed by atoms with Gasteiger partial charge in [-0.2, -0.15) is 27.4 Å². The zero-order valence-corrected chi connectivity index (χ0v) is 22.3. The predicted octanol–water partition coefficient (Wildman–Crippen LogP) is 4.65. The van der Waals surface area contributed by atoms with Gasteiger partial charge in [-0.3, -0.25) is 6.08 Å². The Labute approximate surface area is 203 Å². The fourth-order valence-electron chi connectivity index (χ4n) is 0.694. The fourth-order valence-corrected chi connectivity index (χ4v) is 0.694. The Balaban J connectivity index is -0.0000000429. The summed E-state index contributed by atoms with van der Waals surface area (Å²) < 4.78 is 0. The Morgan fingerprint density at radius 3 is 1.00 bits per heavy atom. The molecule has 1 aliphatic carbocycles. The summed E-state index contributed by atoms with van der Waals surface area (Å²) in [4.78, 5) is 0. The first kappa shape index (κ1) is 46.6. The van der Waals surface area contributed by atoms with Crippen molar-refractivity contribution in [2.75, 3.05) is 21.3 Å². The van der Waals surface area contributed by atoms with E-state index < -0.39 is 0 Å². The number of hydrogen-bond donors (Lipinski definition) is 0. The normalized spacial score (nSPS) is 10.3. The van der Waals surface area contributed by atoms with E-state index in [-0.39, 0.29) is 21.7 Å². The maximum atomic E-state index is 8.25. The Morgan fingerprint density at radius 2 is 0.967 bits per heavy atom. The molecule has 3 nitrogen and oxygen atoms in total. The molecule has 0 heterocycles. The molecule has 0 aromatic rings. The van der Waals surface area contributed by atoms with Crippen molar-refractivity contribution in [1.82, 2.24) is 0 Å². The molecule has 0 amide bonds. The van der Waals surface area contributed by atoms with Gasteiger partial charge in [0.05, 0.1) is 0 Å². The van der Waals surface area contributed by atoms with Crippen LogP contribution in [0, 0.1) is 6.08 Å². The van der Waals surface area contributed by atoms with Crippen molar-refractivity contribution < 1.29 is 37.0 Å². The second kappa shape index (κ2) is 56.4. The molecule has 0 spiro atoms. The van der Waals surface area contributed by atoms with Gasteiger partial charge in [-0.1, -0.05) is 72.9 Å². The van der Waals surface area contributed by atoms with Crippen LogP contribution in [0.5, 0.6) is 0 Å². The Kier molecular flexibility index (Phi) is 87.7. The van der Waals surface area contributed by atoms with Gasteiger partial charge in [0.2, 0.25) is 0 Å². The van der Waals surface area contributed by atoms with Gasteiger partial charge in [-0.15, -0.1) is 6.42 Å². The van der Waals surface area contributed by atoms with E-state index in [2.05, 4.69) is 31.9 Å². The van der Waals surface area contributed by atoms with E-state index >= 15 is 0 Å². The van der Waals surface area contributed by atoms with Gasteiger partial charge in [0.25, 0.3) is 0 Å². The molecule has 1 aliphatic rings. The third-order valence-corrected chi connectivity index (χ3v) is 2.92. The Hall–Kier alpha value is -1.49. The third-order valence-electron chi connectivity index (χ3n) is 2.92. The molecule has 0 unspecified atom stereocenters. The molecule has 0 aliphatic heterocycles. The molecule has 0 atom stereocenters. The van der Waals surface area contributed by atoms with Crippen molar-refractivity contribution in [2.24, 2.45) is 0 Å². The van der Waals surface area contributed by atoms with Gasteiger partial charge >= 0.3 is 21.7 Å². The van der Waals surface area contributed by atoms with E-state index in [0.29, 0.717) is 0 Å². The van der Waals surface area contributed by atoms with Gasteiger partial charge in [0.15, 0.2) is 0 Å². The molecule has 0 saturated carbocycles. The van der Waals surface area contributed by atoms with Gasteiger partial charge in [-0.25, -0.2) is 12.2 Å². The van der Waals surface area contributed by atoms with Crippen molar-refractivity contribution in [1.29, 1.82) is 0 Å². The molecule has 0 radical (unpaired) electrons. The van der Waals surface area contributed by atoms with Crippen LogP contribution in [-0.2, 0) is 21.7 Å². The van der Waals surface area contributed by atoms with Crippen molar-refractivity contribution in [3.8, 4) is 0 Å². The van der Waals surface area contributed by atoms with Gasteiger partial charge in [0, 0.05) is 0 Å². The topological polar surface area (TPSA) is 69.2 Å². The average molecular weight is 453 g/mol. The van der Waals surface area contributed by atoms with Gasteiger partial charge in [0.1, 0.15) is 0 Å². The van der Waals surface area contributed by atoms with E-state index in [1.165, 1.54) is 16.7 Å². The first-order valence-corrected chi connectivity index (χ1v) is 9.13. The molecule has 4 heteroatoms. The van der Waals surface area contributed by atoms with E-state index in [9.17, 15) is 0 Å². The minimum absolute atomic E-state index is 0. The first-order chi connectivity index (χ1) is 13.9. The molecule has 170 valence electrons. The molecule has 0 aromatic carbocycles. The maximum absolute atomic E-state index is 8.25. The van der Waals surface area contributed by atoms with E-state index in [1.54, 1.807) is 0 Å². The van der Waals surface area contributed by atoms with Crippen molar-refractivity contribution in [3.05, 3.63) is 97.2 Å². The van der Waals surface area contributed by atoms with E-state index in [0.717, 1.165) is 27.8 Å². The molecule has 0 fully saturated rings. The smallest absolute Gasteiger partial charge is 0.857 e. The van der Waals surface area contributed by atoms with E-state index in [4.69, 9.17) is 15.3 Å². The summed E-state index contributed by atoms with van der Waals surface area (Å²) in [6.45, 7) is 22.7. The third kappa shape index (κ3) is 71.7. The maximum Gasteiger partial charge on any atom is 4.00 e. The van der Waals surface area contributed by atoms with Crippen LogP contribution >= 0.6 is 0 Å².